The van der Waals surface area contributed by atoms with Crippen LogP contribution in [0.15, 0.2) is 53.1 Å². The van der Waals surface area contributed by atoms with E-state index in [1.165, 1.54) is 6.42 Å². The van der Waals surface area contributed by atoms with Gasteiger partial charge in [-0.15, -0.1) is 0 Å². The first-order valence-corrected chi connectivity index (χ1v) is 8.97. The van der Waals surface area contributed by atoms with Gasteiger partial charge >= 0.3 is 0 Å². The summed E-state index contributed by atoms with van der Waals surface area (Å²) in [6.45, 7) is 2.01. The second-order valence-electron chi connectivity index (χ2n) is 6.82. The Balaban J connectivity index is 1.46. The summed E-state index contributed by atoms with van der Waals surface area (Å²) in [5.74, 6) is 1.66. The van der Waals surface area contributed by atoms with Crippen molar-refractivity contribution in [1.82, 2.24) is 10.1 Å². The molecule has 0 aliphatic heterocycles. The Bertz CT molecular complexity index is 928. The molecule has 1 fully saturated rings. The van der Waals surface area contributed by atoms with Crippen molar-refractivity contribution in [3.63, 3.8) is 0 Å². The number of hydrogen-bond acceptors (Lipinski definition) is 4. The van der Waals surface area contributed by atoms with Crippen LogP contribution in [-0.4, -0.2) is 16.0 Å². The van der Waals surface area contributed by atoms with Crippen LogP contribution in [0.25, 0.3) is 11.4 Å². The van der Waals surface area contributed by atoms with Gasteiger partial charge in [-0.05, 0) is 43.0 Å². The van der Waals surface area contributed by atoms with Gasteiger partial charge in [0.2, 0.25) is 17.6 Å². The average Bonchev–Trinajstić information content (AvgIpc) is 3.05. The van der Waals surface area contributed by atoms with Gasteiger partial charge in [-0.1, -0.05) is 48.0 Å². The van der Waals surface area contributed by atoms with Crippen molar-refractivity contribution in [1.29, 1.82) is 0 Å². The number of amides is 1. The van der Waals surface area contributed by atoms with Crippen LogP contribution in [0.1, 0.15) is 42.2 Å². The zero-order valence-corrected chi connectivity index (χ0v) is 14.7. The van der Waals surface area contributed by atoms with Crippen molar-refractivity contribution in [2.75, 3.05) is 5.32 Å². The summed E-state index contributed by atoms with van der Waals surface area (Å²) >= 11 is 0. The monoisotopic (exact) mass is 347 g/mol. The number of rotatable bonds is 5. The fourth-order valence-electron chi connectivity index (χ4n) is 3.10. The van der Waals surface area contributed by atoms with E-state index in [-0.39, 0.29) is 5.91 Å². The predicted octanol–water partition coefficient (Wildman–Crippen LogP) is 4.49. The number of nitrogens with one attached hydrogen (secondary N) is 1. The molecule has 5 heteroatoms. The summed E-state index contributed by atoms with van der Waals surface area (Å²) in [5, 5.41) is 7.04. The first-order valence-electron chi connectivity index (χ1n) is 8.97. The standard InChI is InChI=1S/C21H21N3O2/c1-14-6-2-3-7-16(14)13-19(25)22-18-11-5-10-17(12-18)20-23-21(26-24-20)15-8-4-9-15/h2-3,5-7,10-12,15H,4,8-9,13H2,1H3,(H,22,25). The molecular weight excluding hydrogens is 326 g/mol. The third-order valence-corrected chi connectivity index (χ3v) is 4.91. The summed E-state index contributed by atoms with van der Waals surface area (Å²) in [6.07, 6.45) is 3.82. The summed E-state index contributed by atoms with van der Waals surface area (Å²) in [6, 6.07) is 15.5. The zero-order valence-electron chi connectivity index (χ0n) is 14.7. The van der Waals surface area contributed by atoms with E-state index in [0.29, 0.717) is 18.2 Å². The summed E-state index contributed by atoms with van der Waals surface area (Å²) in [7, 11) is 0. The number of nitrogens with zero attached hydrogens (tertiary/aromatic N) is 2. The molecular formula is C21H21N3O2. The SMILES string of the molecule is Cc1ccccc1CC(=O)Nc1cccc(-c2noc(C3CCC3)n2)c1. The molecule has 1 aliphatic carbocycles. The third kappa shape index (κ3) is 3.52. The van der Waals surface area contributed by atoms with Gasteiger partial charge in [0.15, 0.2) is 0 Å². The van der Waals surface area contributed by atoms with E-state index in [1.807, 2.05) is 55.5 Å². The van der Waals surface area contributed by atoms with E-state index in [4.69, 9.17) is 4.52 Å². The number of benzene rings is 2. The molecule has 1 heterocycles. The second kappa shape index (κ2) is 7.12. The van der Waals surface area contributed by atoms with Crippen LogP contribution in [0.2, 0.25) is 0 Å². The van der Waals surface area contributed by atoms with Gasteiger partial charge < -0.3 is 9.84 Å². The topological polar surface area (TPSA) is 68.0 Å². The minimum absolute atomic E-state index is 0.0419. The smallest absolute Gasteiger partial charge is 0.230 e. The van der Waals surface area contributed by atoms with E-state index in [1.54, 1.807) is 0 Å². The lowest BCUT2D eigenvalue weighted by Crippen LogP contribution is -2.15. The van der Waals surface area contributed by atoms with Crippen molar-refractivity contribution < 1.29 is 9.32 Å². The van der Waals surface area contributed by atoms with Crippen LogP contribution in [-0.2, 0) is 11.2 Å². The van der Waals surface area contributed by atoms with Crippen LogP contribution in [0.3, 0.4) is 0 Å². The fourth-order valence-corrected chi connectivity index (χ4v) is 3.10. The molecule has 1 aliphatic rings. The highest BCUT2D eigenvalue weighted by molar-refractivity contribution is 5.93. The first kappa shape index (κ1) is 16.5. The molecule has 1 saturated carbocycles. The number of anilines is 1. The van der Waals surface area contributed by atoms with Gasteiger partial charge in [0.1, 0.15) is 0 Å². The van der Waals surface area contributed by atoms with E-state index in [0.717, 1.165) is 41.1 Å². The lowest BCUT2D eigenvalue weighted by molar-refractivity contribution is -0.115. The molecule has 1 N–H and O–H groups in total. The number of aromatic nitrogens is 2. The number of carbonyl (C=O) groups is 1. The molecule has 1 amide bonds. The molecule has 0 spiro atoms. The van der Waals surface area contributed by atoms with Crippen molar-refractivity contribution >= 4 is 11.6 Å². The van der Waals surface area contributed by atoms with Gasteiger partial charge in [-0.3, -0.25) is 4.79 Å². The average molecular weight is 347 g/mol. The quantitative estimate of drug-likeness (QED) is 0.738. The van der Waals surface area contributed by atoms with Gasteiger partial charge in [-0.25, -0.2) is 0 Å². The Labute approximate surface area is 152 Å². The highest BCUT2D eigenvalue weighted by Crippen LogP contribution is 2.36. The number of carbonyl (C=O) groups excluding carboxylic acids is 1. The third-order valence-electron chi connectivity index (χ3n) is 4.91. The zero-order chi connectivity index (χ0) is 17.9. The fraction of sp³-hybridized carbons (Fsp3) is 0.286. The molecule has 26 heavy (non-hydrogen) atoms. The Morgan fingerprint density at radius 3 is 2.81 bits per heavy atom. The van der Waals surface area contributed by atoms with Crippen LogP contribution >= 0.6 is 0 Å². The maximum absolute atomic E-state index is 12.4. The normalized spacial score (nSPS) is 14.0. The Morgan fingerprint density at radius 2 is 2.04 bits per heavy atom. The molecule has 0 saturated heterocycles. The van der Waals surface area contributed by atoms with Crippen LogP contribution in [0, 0.1) is 6.92 Å². The molecule has 2 aromatic carbocycles. The van der Waals surface area contributed by atoms with E-state index < -0.39 is 0 Å². The highest BCUT2D eigenvalue weighted by Gasteiger charge is 2.25. The van der Waals surface area contributed by atoms with Gasteiger partial charge in [-0.2, -0.15) is 4.98 Å². The van der Waals surface area contributed by atoms with Gasteiger partial charge in [0, 0.05) is 17.2 Å². The molecule has 0 bridgehead atoms. The molecule has 5 nitrogen and oxygen atoms in total. The highest BCUT2D eigenvalue weighted by atomic mass is 16.5. The molecule has 0 atom stereocenters. The van der Waals surface area contributed by atoms with Crippen LogP contribution in [0.4, 0.5) is 5.69 Å². The molecule has 4 rings (SSSR count). The maximum Gasteiger partial charge on any atom is 0.230 e. The lowest BCUT2D eigenvalue weighted by Gasteiger charge is -2.20. The lowest BCUT2D eigenvalue weighted by atomic mass is 9.85. The first-order chi connectivity index (χ1) is 12.7. The van der Waals surface area contributed by atoms with E-state index in [2.05, 4.69) is 15.5 Å². The van der Waals surface area contributed by atoms with Crippen molar-refractivity contribution in [2.24, 2.45) is 0 Å². The molecule has 132 valence electrons. The second-order valence-corrected chi connectivity index (χ2v) is 6.82. The van der Waals surface area contributed by atoms with Crippen molar-refractivity contribution in [3.8, 4) is 11.4 Å². The van der Waals surface area contributed by atoms with E-state index in [9.17, 15) is 4.79 Å². The maximum atomic E-state index is 12.4. The van der Waals surface area contributed by atoms with Gasteiger partial charge in [0.25, 0.3) is 0 Å². The Morgan fingerprint density at radius 1 is 1.19 bits per heavy atom. The van der Waals surface area contributed by atoms with Crippen LogP contribution < -0.4 is 5.32 Å². The molecule has 3 aromatic rings. The predicted molar refractivity (Wildman–Crippen MR) is 99.8 cm³/mol. The largest absolute Gasteiger partial charge is 0.339 e. The number of hydrogen-bond donors (Lipinski definition) is 1. The molecule has 0 radical (unpaired) electrons. The van der Waals surface area contributed by atoms with Crippen molar-refractivity contribution in [2.45, 2.75) is 38.5 Å². The van der Waals surface area contributed by atoms with E-state index >= 15 is 0 Å². The van der Waals surface area contributed by atoms with Crippen LogP contribution in [0.5, 0.6) is 0 Å². The Kier molecular flexibility index (Phi) is 4.52. The minimum atomic E-state index is -0.0419. The van der Waals surface area contributed by atoms with Gasteiger partial charge in [0.05, 0.1) is 6.42 Å². The summed E-state index contributed by atoms with van der Waals surface area (Å²) < 4.78 is 5.39. The minimum Gasteiger partial charge on any atom is -0.339 e. The summed E-state index contributed by atoms with van der Waals surface area (Å²) in [4.78, 5) is 16.9. The van der Waals surface area contributed by atoms with Crippen molar-refractivity contribution in [3.05, 3.63) is 65.5 Å². The Hall–Kier alpha value is -2.95. The number of aryl methyl sites for hydroxylation is 1. The summed E-state index contributed by atoms with van der Waals surface area (Å²) in [5.41, 5.74) is 3.72. The molecule has 1 aromatic heterocycles. The molecule has 0 unspecified atom stereocenters.